The Morgan fingerprint density at radius 3 is 2.45 bits per heavy atom. The number of sulfonamides is 1. The minimum Gasteiger partial charge on any atom is -0.449 e. The fourth-order valence-corrected chi connectivity index (χ4v) is 3.83. The first-order valence-corrected chi connectivity index (χ1v) is 10.9. The average Bonchev–Trinajstić information content (AvgIpc) is 2.71. The molecule has 0 radical (unpaired) electrons. The van der Waals surface area contributed by atoms with E-state index in [9.17, 15) is 18.0 Å². The Morgan fingerprint density at radius 1 is 1.10 bits per heavy atom. The van der Waals surface area contributed by atoms with E-state index in [1.54, 1.807) is 6.92 Å². The zero-order valence-electron chi connectivity index (χ0n) is 16.8. The van der Waals surface area contributed by atoms with E-state index in [1.165, 1.54) is 25.1 Å². The molecular formula is C21H26N2O5S. The van der Waals surface area contributed by atoms with Gasteiger partial charge in [0.1, 0.15) is 0 Å². The summed E-state index contributed by atoms with van der Waals surface area (Å²) in [5.41, 5.74) is 1.37. The van der Waals surface area contributed by atoms with Gasteiger partial charge in [0.2, 0.25) is 10.0 Å². The van der Waals surface area contributed by atoms with E-state index in [-0.39, 0.29) is 17.0 Å². The van der Waals surface area contributed by atoms with Crippen LogP contribution in [0, 0.1) is 6.92 Å². The standard InChI is InChI=1S/C21H26N2O5S/c1-4-12-22-20(24)16(3)28-21(25)18-11-10-15(2)19(13-18)29(26,27)23-14-17-8-6-5-7-9-17/h5-11,13,16,23H,4,12,14H2,1-3H3,(H,22,24)/t16-/m0/s1. The molecule has 156 valence electrons. The van der Waals surface area contributed by atoms with Crippen molar-refractivity contribution >= 4 is 21.9 Å². The van der Waals surface area contributed by atoms with Gasteiger partial charge in [0.25, 0.3) is 5.91 Å². The zero-order valence-corrected chi connectivity index (χ0v) is 17.6. The molecule has 2 aromatic rings. The van der Waals surface area contributed by atoms with Crippen molar-refractivity contribution in [2.75, 3.05) is 6.54 Å². The molecule has 2 N–H and O–H groups in total. The molecule has 2 aromatic carbocycles. The molecule has 0 bridgehead atoms. The van der Waals surface area contributed by atoms with Gasteiger partial charge in [0, 0.05) is 13.1 Å². The molecule has 1 atom stereocenters. The Balaban J connectivity index is 2.13. The molecule has 0 unspecified atom stereocenters. The van der Waals surface area contributed by atoms with Gasteiger partial charge in [-0.15, -0.1) is 0 Å². The zero-order chi connectivity index (χ0) is 21.4. The van der Waals surface area contributed by atoms with Gasteiger partial charge in [-0.1, -0.05) is 43.3 Å². The molecule has 8 heteroatoms. The minimum atomic E-state index is -3.84. The van der Waals surface area contributed by atoms with Gasteiger partial charge >= 0.3 is 5.97 Å². The van der Waals surface area contributed by atoms with E-state index in [2.05, 4.69) is 10.0 Å². The maximum absolute atomic E-state index is 12.7. The molecule has 0 heterocycles. The molecule has 0 fully saturated rings. The van der Waals surface area contributed by atoms with Gasteiger partial charge in [-0.2, -0.15) is 0 Å². The summed E-state index contributed by atoms with van der Waals surface area (Å²) in [5.74, 6) is -1.16. The van der Waals surface area contributed by atoms with Crippen molar-refractivity contribution in [1.82, 2.24) is 10.0 Å². The van der Waals surface area contributed by atoms with Gasteiger partial charge in [-0.05, 0) is 43.5 Å². The third-order valence-corrected chi connectivity index (χ3v) is 5.77. The number of benzene rings is 2. The molecule has 0 aliphatic rings. The van der Waals surface area contributed by atoms with E-state index in [4.69, 9.17) is 4.74 Å². The van der Waals surface area contributed by atoms with Crippen molar-refractivity contribution in [3.8, 4) is 0 Å². The van der Waals surface area contributed by atoms with Crippen LogP contribution in [0.1, 0.15) is 41.8 Å². The fourth-order valence-electron chi connectivity index (χ4n) is 2.54. The van der Waals surface area contributed by atoms with Crippen LogP contribution in [0.4, 0.5) is 0 Å². The number of hydrogen-bond donors (Lipinski definition) is 2. The van der Waals surface area contributed by atoms with Crippen molar-refractivity contribution in [3.05, 3.63) is 65.2 Å². The smallest absolute Gasteiger partial charge is 0.338 e. The van der Waals surface area contributed by atoms with Gasteiger partial charge < -0.3 is 10.1 Å². The van der Waals surface area contributed by atoms with Crippen LogP contribution >= 0.6 is 0 Å². The van der Waals surface area contributed by atoms with Crippen LogP contribution in [0.3, 0.4) is 0 Å². The van der Waals surface area contributed by atoms with Crippen molar-refractivity contribution in [2.24, 2.45) is 0 Å². The second-order valence-corrected chi connectivity index (χ2v) is 8.36. The first kappa shape index (κ1) is 22.6. The van der Waals surface area contributed by atoms with Crippen LogP contribution in [0.25, 0.3) is 0 Å². The number of ether oxygens (including phenoxy) is 1. The van der Waals surface area contributed by atoms with E-state index < -0.39 is 28.0 Å². The van der Waals surface area contributed by atoms with E-state index >= 15 is 0 Å². The first-order valence-electron chi connectivity index (χ1n) is 9.37. The summed E-state index contributed by atoms with van der Waals surface area (Å²) in [6.45, 7) is 5.65. The summed E-state index contributed by atoms with van der Waals surface area (Å²) >= 11 is 0. The van der Waals surface area contributed by atoms with Crippen molar-refractivity contribution < 1.29 is 22.7 Å². The number of carbonyl (C=O) groups is 2. The Kier molecular flexibility index (Phi) is 7.92. The molecule has 0 saturated carbocycles. The fraction of sp³-hybridized carbons (Fsp3) is 0.333. The van der Waals surface area contributed by atoms with Gasteiger partial charge in [0.05, 0.1) is 10.5 Å². The number of amides is 1. The number of carbonyl (C=O) groups excluding carboxylic acids is 2. The summed E-state index contributed by atoms with van der Waals surface area (Å²) in [4.78, 5) is 24.3. The lowest BCUT2D eigenvalue weighted by Crippen LogP contribution is -2.36. The second kappa shape index (κ2) is 10.2. The summed E-state index contributed by atoms with van der Waals surface area (Å²) in [7, 11) is -3.84. The van der Waals surface area contributed by atoms with Crippen LogP contribution < -0.4 is 10.0 Å². The molecule has 7 nitrogen and oxygen atoms in total. The highest BCUT2D eigenvalue weighted by Gasteiger charge is 2.22. The number of rotatable bonds is 9. The van der Waals surface area contributed by atoms with E-state index in [1.807, 2.05) is 37.3 Å². The highest BCUT2D eigenvalue weighted by atomic mass is 32.2. The minimum absolute atomic E-state index is 0.00836. The number of aryl methyl sites for hydroxylation is 1. The van der Waals surface area contributed by atoms with Crippen LogP contribution in [-0.2, 0) is 26.1 Å². The lowest BCUT2D eigenvalue weighted by atomic mass is 10.1. The Labute approximate surface area is 171 Å². The molecule has 0 aliphatic heterocycles. The van der Waals surface area contributed by atoms with E-state index in [0.717, 1.165) is 12.0 Å². The summed E-state index contributed by atoms with van der Waals surface area (Å²) in [5, 5.41) is 2.64. The number of hydrogen-bond acceptors (Lipinski definition) is 5. The van der Waals surface area contributed by atoms with Crippen LogP contribution in [0.15, 0.2) is 53.4 Å². The first-order chi connectivity index (χ1) is 13.7. The van der Waals surface area contributed by atoms with Gasteiger partial charge in [-0.25, -0.2) is 17.9 Å². The summed E-state index contributed by atoms with van der Waals surface area (Å²) < 4.78 is 33.1. The number of esters is 1. The van der Waals surface area contributed by atoms with Crippen molar-refractivity contribution in [1.29, 1.82) is 0 Å². The lowest BCUT2D eigenvalue weighted by molar-refractivity contribution is -0.129. The van der Waals surface area contributed by atoms with E-state index in [0.29, 0.717) is 12.1 Å². The quantitative estimate of drug-likeness (QED) is 0.610. The molecule has 0 spiro atoms. The number of nitrogens with one attached hydrogen (secondary N) is 2. The highest BCUT2D eigenvalue weighted by Crippen LogP contribution is 2.18. The third-order valence-electron chi connectivity index (χ3n) is 4.22. The summed E-state index contributed by atoms with van der Waals surface area (Å²) in [6, 6.07) is 13.4. The van der Waals surface area contributed by atoms with Crippen LogP contribution in [0.2, 0.25) is 0 Å². The SMILES string of the molecule is CCCNC(=O)[C@H](C)OC(=O)c1ccc(C)c(S(=O)(=O)NCc2ccccc2)c1. The van der Waals surface area contributed by atoms with Crippen LogP contribution in [0.5, 0.6) is 0 Å². The normalized spacial score (nSPS) is 12.2. The maximum Gasteiger partial charge on any atom is 0.338 e. The molecule has 1 amide bonds. The molecule has 0 aromatic heterocycles. The molecule has 0 saturated heterocycles. The van der Waals surface area contributed by atoms with Crippen LogP contribution in [-0.4, -0.2) is 32.9 Å². The molecule has 2 rings (SSSR count). The van der Waals surface area contributed by atoms with Gasteiger partial charge in [-0.3, -0.25) is 4.79 Å². The van der Waals surface area contributed by atoms with Crippen molar-refractivity contribution in [3.63, 3.8) is 0 Å². The predicted octanol–water partition coefficient (Wildman–Crippen LogP) is 2.55. The lowest BCUT2D eigenvalue weighted by Gasteiger charge is -2.14. The van der Waals surface area contributed by atoms with Gasteiger partial charge in [0.15, 0.2) is 6.10 Å². The maximum atomic E-state index is 12.7. The molecule has 0 aliphatic carbocycles. The Morgan fingerprint density at radius 2 is 1.79 bits per heavy atom. The molecule has 29 heavy (non-hydrogen) atoms. The Bertz CT molecular complexity index is 958. The second-order valence-electron chi connectivity index (χ2n) is 6.63. The monoisotopic (exact) mass is 418 g/mol. The molecular weight excluding hydrogens is 392 g/mol. The predicted molar refractivity (Wildman–Crippen MR) is 110 cm³/mol. The average molecular weight is 419 g/mol. The highest BCUT2D eigenvalue weighted by molar-refractivity contribution is 7.89. The summed E-state index contributed by atoms with van der Waals surface area (Å²) in [6.07, 6.45) is -0.215. The Hall–Kier alpha value is -2.71. The van der Waals surface area contributed by atoms with Crippen molar-refractivity contribution in [2.45, 2.75) is 44.7 Å². The third kappa shape index (κ3) is 6.40. The largest absolute Gasteiger partial charge is 0.449 e. The topological polar surface area (TPSA) is 102 Å².